The van der Waals surface area contributed by atoms with Gasteiger partial charge >= 0.3 is 0 Å². The number of benzene rings is 1. The van der Waals surface area contributed by atoms with Gasteiger partial charge in [0.1, 0.15) is 18.5 Å². The topological polar surface area (TPSA) is 86.1 Å². The van der Waals surface area contributed by atoms with Crippen LogP contribution >= 0.6 is 0 Å². The molecule has 0 spiro atoms. The van der Waals surface area contributed by atoms with E-state index in [-0.39, 0.29) is 19.3 Å². The van der Waals surface area contributed by atoms with Gasteiger partial charge in [-0.15, -0.1) is 0 Å². The summed E-state index contributed by atoms with van der Waals surface area (Å²) in [6, 6.07) is 7.50. The number of aromatic nitrogens is 1. The quantitative estimate of drug-likeness (QED) is 0.661. The number of hydrogen-bond acceptors (Lipinski definition) is 6. The molecule has 5 atom stereocenters. The third-order valence-electron chi connectivity index (χ3n) is 6.12. The molecule has 4 heterocycles. The maximum atomic E-state index is 11.3. The lowest BCUT2D eigenvalue weighted by Crippen LogP contribution is -2.52. The summed E-state index contributed by atoms with van der Waals surface area (Å²) in [6.07, 6.45) is 4.61. The number of nitrogens with zero attached hydrogens (tertiary/aromatic N) is 2. The van der Waals surface area contributed by atoms with Crippen molar-refractivity contribution >= 4 is 10.9 Å². The SMILES string of the molecule is C/C=C1\CN2CCC1CC2C(O)c1ccnc2ccc(OCC(O)CO)cc12. The van der Waals surface area contributed by atoms with Crippen molar-refractivity contribution in [3.63, 3.8) is 0 Å². The van der Waals surface area contributed by atoms with Crippen LogP contribution in [-0.2, 0) is 0 Å². The lowest BCUT2D eigenvalue weighted by molar-refractivity contribution is -0.00340. The monoisotopic (exact) mass is 384 g/mol. The average molecular weight is 384 g/mol. The first-order valence-electron chi connectivity index (χ1n) is 9.98. The van der Waals surface area contributed by atoms with Gasteiger partial charge in [0.25, 0.3) is 0 Å². The Bertz CT molecular complexity index is 869. The minimum absolute atomic E-state index is 0.0182. The maximum Gasteiger partial charge on any atom is 0.120 e. The lowest BCUT2D eigenvalue weighted by atomic mass is 9.76. The van der Waals surface area contributed by atoms with Crippen molar-refractivity contribution in [3.8, 4) is 5.75 Å². The van der Waals surface area contributed by atoms with Gasteiger partial charge in [-0.05, 0) is 62.1 Å². The maximum absolute atomic E-state index is 11.3. The lowest BCUT2D eigenvalue weighted by Gasteiger charge is -2.48. The number of fused-ring (bicyclic) bond motifs is 4. The van der Waals surface area contributed by atoms with Gasteiger partial charge < -0.3 is 20.1 Å². The van der Waals surface area contributed by atoms with Crippen molar-refractivity contribution in [1.82, 2.24) is 9.88 Å². The molecule has 0 radical (unpaired) electrons. The molecule has 0 saturated carbocycles. The van der Waals surface area contributed by atoms with Crippen LogP contribution in [0.1, 0.15) is 31.4 Å². The van der Waals surface area contributed by atoms with E-state index in [0.717, 1.165) is 36.0 Å². The van der Waals surface area contributed by atoms with Gasteiger partial charge in [0.15, 0.2) is 0 Å². The van der Waals surface area contributed by atoms with Crippen LogP contribution in [0.5, 0.6) is 5.75 Å². The fourth-order valence-corrected chi connectivity index (χ4v) is 4.54. The molecular weight excluding hydrogens is 356 g/mol. The highest BCUT2D eigenvalue weighted by Crippen LogP contribution is 2.41. The fraction of sp³-hybridized carbons (Fsp3) is 0.500. The van der Waals surface area contributed by atoms with Crippen LogP contribution in [0.4, 0.5) is 0 Å². The zero-order valence-electron chi connectivity index (χ0n) is 16.2. The number of aliphatic hydroxyl groups excluding tert-OH is 3. The smallest absolute Gasteiger partial charge is 0.120 e. The number of rotatable bonds is 6. The Balaban J connectivity index is 1.61. The number of hydrogen-bond donors (Lipinski definition) is 3. The molecule has 6 nitrogen and oxygen atoms in total. The van der Waals surface area contributed by atoms with E-state index in [1.807, 2.05) is 18.2 Å². The number of aliphatic hydroxyl groups is 3. The Labute approximate surface area is 165 Å². The second-order valence-corrected chi connectivity index (χ2v) is 7.79. The molecule has 2 aromatic rings. The second-order valence-electron chi connectivity index (χ2n) is 7.79. The van der Waals surface area contributed by atoms with Crippen LogP contribution in [0.2, 0.25) is 0 Å². The summed E-state index contributed by atoms with van der Waals surface area (Å²) >= 11 is 0. The molecule has 28 heavy (non-hydrogen) atoms. The predicted molar refractivity (Wildman–Crippen MR) is 107 cm³/mol. The first-order chi connectivity index (χ1) is 13.6. The standard InChI is InChI=1S/C22H28N2O4/c1-2-14-11-24-8-6-15(14)9-21(24)22(27)18-5-7-23-20-4-3-17(10-19(18)20)28-13-16(26)12-25/h2-5,7,10,15-16,21-22,25-27H,6,8-9,11-13H2,1H3/b14-2+. The van der Waals surface area contributed by atoms with Gasteiger partial charge in [0.2, 0.25) is 0 Å². The van der Waals surface area contributed by atoms with Crippen LogP contribution in [0, 0.1) is 5.92 Å². The molecule has 3 N–H and O–H groups in total. The molecular formula is C22H28N2O4. The Hall–Kier alpha value is -1.99. The summed E-state index contributed by atoms with van der Waals surface area (Å²) in [7, 11) is 0. The first-order valence-corrected chi connectivity index (χ1v) is 9.98. The van der Waals surface area contributed by atoms with Crippen LogP contribution in [0.15, 0.2) is 42.1 Å². The summed E-state index contributed by atoms with van der Waals surface area (Å²) in [6.45, 7) is 3.75. The summed E-state index contributed by atoms with van der Waals surface area (Å²) in [5.74, 6) is 1.16. The third kappa shape index (κ3) is 3.65. The summed E-state index contributed by atoms with van der Waals surface area (Å²) in [5, 5.41) is 30.6. The molecule has 3 fully saturated rings. The molecule has 6 heteroatoms. The van der Waals surface area contributed by atoms with Gasteiger partial charge in [0, 0.05) is 24.2 Å². The molecule has 3 aliphatic heterocycles. The highest BCUT2D eigenvalue weighted by molar-refractivity contribution is 5.84. The molecule has 1 aromatic heterocycles. The van der Waals surface area contributed by atoms with Crippen molar-refractivity contribution in [2.24, 2.45) is 5.92 Å². The summed E-state index contributed by atoms with van der Waals surface area (Å²) < 4.78 is 5.59. The molecule has 0 aliphatic carbocycles. The van der Waals surface area contributed by atoms with Crippen LogP contribution in [-0.4, -0.2) is 63.7 Å². The molecule has 2 bridgehead atoms. The largest absolute Gasteiger partial charge is 0.491 e. The Morgan fingerprint density at radius 2 is 2.18 bits per heavy atom. The van der Waals surface area contributed by atoms with Crippen molar-refractivity contribution in [2.45, 2.75) is 38.0 Å². The number of piperidine rings is 3. The number of ether oxygens (including phenoxy) is 1. The summed E-state index contributed by atoms with van der Waals surface area (Å²) in [4.78, 5) is 6.81. The van der Waals surface area contributed by atoms with Crippen molar-refractivity contribution < 1.29 is 20.1 Å². The van der Waals surface area contributed by atoms with E-state index < -0.39 is 12.2 Å². The van der Waals surface area contributed by atoms with E-state index >= 15 is 0 Å². The Morgan fingerprint density at radius 1 is 1.32 bits per heavy atom. The van der Waals surface area contributed by atoms with Gasteiger partial charge in [-0.2, -0.15) is 0 Å². The van der Waals surface area contributed by atoms with Crippen LogP contribution < -0.4 is 4.74 Å². The van der Waals surface area contributed by atoms with E-state index in [2.05, 4.69) is 22.9 Å². The number of pyridine rings is 1. The normalized spacial score (nSPS) is 27.9. The highest BCUT2D eigenvalue weighted by atomic mass is 16.5. The fourth-order valence-electron chi connectivity index (χ4n) is 4.54. The molecule has 0 amide bonds. The minimum Gasteiger partial charge on any atom is -0.491 e. The molecule has 5 rings (SSSR count). The van der Waals surface area contributed by atoms with E-state index in [1.165, 1.54) is 12.0 Å². The summed E-state index contributed by atoms with van der Waals surface area (Å²) in [5.41, 5.74) is 3.15. The minimum atomic E-state index is -0.916. The number of allylic oxidation sites excluding steroid dienone is 1. The molecule has 1 aromatic carbocycles. The van der Waals surface area contributed by atoms with Crippen LogP contribution in [0.3, 0.4) is 0 Å². The zero-order valence-corrected chi connectivity index (χ0v) is 16.2. The molecule has 5 unspecified atom stereocenters. The second kappa shape index (κ2) is 8.17. The van der Waals surface area contributed by atoms with E-state index in [9.17, 15) is 10.2 Å². The first kappa shape index (κ1) is 19.3. The Kier molecular flexibility index (Phi) is 5.64. The van der Waals surface area contributed by atoms with Gasteiger partial charge in [-0.25, -0.2) is 0 Å². The van der Waals surface area contributed by atoms with Crippen LogP contribution in [0.25, 0.3) is 10.9 Å². The van der Waals surface area contributed by atoms with E-state index in [1.54, 1.807) is 12.3 Å². The highest BCUT2D eigenvalue weighted by Gasteiger charge is 2.40. The van der Waals surface area contributed by atoms with E-state index in [4.69, 9.17) is 9.84 Å². The average Bonchev–Trinajstić information content (AvgIpc) is 2.76. The zero-order chi connectivity index (χ0) is 19.7. The van der Waals surface area contributed by atoms with Gasteiger partial charge in [0.05, 0.1) is 18.2 Å². The molecule has 3 saturated heterocycles. The molecule has 150 valence electrons. The van der Waals surface area contributed by atoms with Crippen molar-refractivity contribution in [2.75, 3.05) is 26.3 Å². The third-order valence-corrected chi connectivity index (χ3v) is 6.12. The van der Waals surface area contributed by atoms with Crippen molar-refractivity contribution in [1.29, 1.82) is 0 Å². The van der Waals surface area contributed by atoms with Crippen molar-refractivity contribution in [3.05, 3.63) is 47.7 Å². The molecule has 3 aliphatic rings. The van der Waals surface area contributed by atoms with Gasteiger partial charge in [-0.3, -0.25) is 9.88 Å². The van der Waals surface area contributed by atoms with Gasteiger partial charge in [-0.1, -0.05) is 11.6 Å². The predicted octanol–water partition coefficient (Wildman–Crippen LogP) is 2.04. The van der Waals surface area contributed by atoms with E-state index in [0.29, 0.717) is 11.7 Å². The Morgan fingerprint density at radius 3 is 2.89 bits per heavy atom.